The highest BCUT2D eigenvalue weighted by atomic mass is 31.1. The Morgan fingerprint density at radius 1 is 1.15 bits per heavy atom. The van der Waals surface area contributed by atoms with Gasteiger partial charge in [-0.25, -0.2) is 0 Å². The lowest BCUT2D eigenvalue weighted by Gasteiger charge is -2.12. The molecule has 0 aliphatic carbocycles. The Morgan fingerprint density at radius 2 is 1.85 bits per heavy atom. The van der Waals surface area contributed by atoms with E-state index in [1.807, 2.05) is 0 Å². The molecule has 0 radical (unpaired) electrons. The van der Waals surface area contributed by atoms with Crippen LogP contribution in [0.25, 0.3) is 0 Å². The summed E-state index contributed by atoms with van der Waals surface area (Å²) in [7, 11) is 4.40. The molecule has 0 saturated heterocycles. The molecule has 13 heavy (non-hydrogen) atoms. The monoisotopic (exact) mass is 207 g/mol. The zero-order chi connectivity index (χ0) is 9.94. The van der Waals surface area contributed by atoms with E-state index in [1.54, 1.807) is 14.2 Å². The van der Waals surface area contributed by atoms with Crippen molar-refractivity contribution in [3.63, 3.8) is 0 Å². The van der Waals surface area contributed by atoms with Gasteiger partial charge in [0, 0.05) is 20.6 Å². The van der Waals surface area contributed by atoms with Crippen LogP contribution in [0.5, 0.6) is 0 Å². The van der Waals surface area contributed by atoms with Gasteiger partial charge in [-0.2, -0.15) is 0 Å². The molecular formula is C9H22NO2P. The molecule has 4 heteroatoms. The average Bonchev–Trinajstić information content (AvgIpc) is 2.17. The van der Waals surface area contributed by atoms with E-state index in [-0.39, 0.29) is 6.29 Å². The number of rotatable bonds is 9. The van der Waals surface area contributed by atoms with Crippen molar-refractivity contribution in [1.82, 2.24) is 0 Å². The van der Waals surface area contributed by atoms with Crippen LogP contribution in [0.15, 0.2) is 0 Å². The Kier molecular flexibility index (Phi) is 10.6. The first kappa shape index (κ1) is 13.3. The first-order chi connectivity index (χ1) is 6.35. The minimum Gasteiger partial charge on any atom is -0.356 e. The number of ether oxygens (including phenoxy) is 2. The smallest absolute Gasteiger partial charge is 0.157 e. The van der Waals surface area contributed by atoms with Crippen LogP contribution >= 0.6 is 8.58 Å². The molecule has 0 heterocycles. The Balaban J connectivity index is 3.05. The van der Waals surface area contributed by atoms with Gasteiger partial charge in [0.2, 0.25) is 0 Å². The van der Waals surface area contributed by atoms with Crippen molar-refractivity contribution in [2.75, 3.05) is 33.1 Å². The molecule has 0 aromatic carbocycles. The van der Waals surface area contributed by atoms with E-state index in [1.165, 1.54) is 18.7 Å². The van der Waals surface area contributed by atoms with Gasteiger partial charge in [0.15, 0.2) is 6.29 Å². The minimum atomic E-state index is -0.0120. The third-order valence-corrected chi connectivity index (χ3v) is 3.24. The van der Waals surface area contributed by atoms with Crippen LogP contribution in [-0.2, 0) is 9.47 Å². The van der Waals surface area contributed by atoms with Gasteiger partial charge in [0.1, 0.15) is 0 Å². The van der Waals surface area contributed by atoms with Crippen molar-refractivity contribution in [2.24, 2.45) is 5.73 Å². The highest BCUT2D eigenvalue weighted by molar-refractivity contribution is 7.37. The van der Waals surface area contributed by atoms with Gasteiger partial charge >= 0.3 is 0 Å². The van der Waals surface area contributed by atoms with Gasteiger partial charge < -0.3 is 15.2 Å². The van der Waals surface area contributed by atoms with E-state index >= 15 is 0 Å². The molecule has 0 bridgehead atoms. The van der Waals surface area contributed by atoms with Crippen molar-refractivity contribution in [3.05, 3.63) is 0 Å². The van der Waals surface area contributed by atoms with Crippen LogP contribution in [0.1, 0.15) is 19.3 Å². The zero-order valence-corrected chi connectivity index (χ0v) is 9.71. The Morgan fingerprint density at radius 3 is 2.38 bits per heavy atom. The van der Waals surface area contributed by atoms with E-state index in [0.717, 1.165) is 28.0 Å². The first-order valence-corrected chi connectivity index (χ1v) is 6.23. The van der Waals surface area contributed by atoms with Crippen molar-refractivity contribution >= 4 is 8.58 Å². The summed E-state index contributed by atoms with van der Waals surface area (Å²) >= 11 is 0. The van der Waals surface area contributed by atoms with E-state index in [4.69, 9.17) is 15.2 Å². The Bertz CT molecular complexity index is 99.6. The van der Waals surface area contributed by atoms with Crippen LogP contribution < -0.4 is 5.73 Å². The Hall–Kier alpha value is 0.310. The normalized spacial score (nSPS) is 12.0. The van der Waals surface area contributed by atoms with Crippen LogP contribution in [0.2, 0.25) is 0 Å². The molecule has 0 spiro atoms. The lowest BCUT2D eigenvalue weighted by atomic mass is 10.3. The van der Waals surface area contributed by atoms with Gasteiger partial charge in [-0.15, -0.1) is 8.58 Å². The van der Waals surface area contributed by atoms with Gasteiger partial charge in [-0.05, 0) is 31.7 Å². The fraction of sp³-hybridized carbons (Fsp3) is 1.00. The summed E-state index contributed by atoms with van der Waals surface area (Å²) < 4.78 is 10.2. The van der Waals surface area contributed by atoms with Crippen molar-refractivity contribution in [1.29, 1.82) is 0 Å². The van der Waals surface area contributed by atoms with E-state index in [2.05, 4.69) is 0 Å². The van der Waals surface area contributed by atoms with Crippen LogP contribution in [-0.4, -0.2) is 39.4 Å². The summed E-state index contributed by atoms with van der Waals surface area (Å²) in [5.41, 5.74) is 5.40. The second-order valence-electron chi connectivity index (χ2n) is 2.94. The molecule has 0 aliphatic heterocycles. The fourth-order valence-corrected chi connectivity index (χ4v) is 2.26. The molecule has 0 aliphatic rings. The minimum absolute atomic E-state index is 0.0120. The third-order valence-electron chi connectivity index (χ3n) is 1.89. The predicted molar refractivity (Wildman–Crippen MR) is 58.8 cm³/mol. The highest BCUT2D eigenvalue weighted by Crippen LogP contribution is 2.15. The number of hydrogen-bond acceptors (Lipinski definition) is 3. The lowest BCUT2D eigenvalue weighted by Crippen LogP contribution is -2.13. The molecule has 2 N–H and O–H groups in total. The third kappa shape index (κ3) is 8.63. The second kappa shape index (κ2) is 10.4. The van der Waals surface area contributed by atoms with Crippen LogP contribution in [0.4, 0.5) is 0 Å². The van der Waals surface area contributed by atoms with Gasteiger partial charge in [0.25, 0.3) is 0 Å². The maximum atomic E-state index is 5.40. The number of nitrogens with two attached hydrogens (primary N) is 1. The molecule has 3 nitrogen and oxygen atoms in total. The Labute approximate surface area is 83.1 Å². The summed E-state index contributed by atoms with van der Waals surface area (Å²) in [4.78, 5) is 0. The molecule has 0 aromatic heterocycles. The zero-order valence-electron chi connectivity index (χ0n) is 8.71. The van der Waals surface area contributed by atoms with E-state index in [0.29, 0.717) is 0 Å². The summed E-state index contributed by atoms with van der Waals surface area (Å²) in [6.07, 6.45) is 5.93. The average molecular weight is 207 g/mol. The SMILES string of the molecule is COC(CCPCCCCN)OC. The predicted octanol–water partition coefficient (Wildman–Crippen LogP) is 1.41. The van der Waals surface area contributed by atoms with Gasteiger partial charge in [0.05, 0.1) is 0 Å². The molecule has 0 amide bonds. The molecule has 0 rings (SSSR count). The standard InChI is InChI=1S/C9H22NO2P/c1-11-9(12-2)5-8-13-7-4-3-6-10/h9,13H,3-8,10H2,1-2H3. The molecule has 80 valence electrons. The van der Waals surface area contributed by atoms with Crippen molar-refractivity contribution < 1.29 is 9.47 Å². The van der Waals surface area contributed by atoms with Gasteiger partial charge in [-0.1, -0.05) is 0 Å². The summed E-state index contributed by atoms with van der Waals surface area (Å²) in [6, 6.07) is 0. The quantitative estimate of drug-likeness (QED) is 0.353. The summed E-state index contributed by atoms with van der Waals surface area (Å²) in [6.45, 7) is 0.823. The molecule has 0 fully saturated rings. The molecule has 0 aromatic rings. The first-order valence-electron chi connectivity index (χ1n) is 4.81. The number of hydrogen-bond donors (Lipinski definition) is 1. The van der Waals surface area contributed by atoms with Gasteiger partial charge in [-0.3, -0.25) is 0 Å². The highest BCUT2D eigenvalue weighted by Gasteiger charge is 2.02. The summed E-state index contributed by atoms with van der Waals surface area (Å²) in [5, 5.41) is 0. The molecule has 1 atom stereocenters. The largest absolute Gasteiger partial charge is 0.356 e. The maximum Gasteiger partial charge on any atom is 0.157 e. The van der Waals surface area contributed by atoms with E-state index in [9.17, 15) is 0 Å². The maximum absolute atomic E-state index is 5.40. The van der Waals surface area contributed by atoms with Crippen molar-refractivity contribution in [2.45, 2.75) is 25.6 Å². The number of methoxy groups -OCH3 is 2. The topological polar surface area (TPSA) is 44.5 Å². The van der Waals surface area contributed by atoms with Crippen LogP contribution in [0, 0.1) is 0 Å². The molecule has 0 saturated carbocycles. The number of unbranched alkanes of at least 4 members (excludes halogenated alkanes) is 1. The second-order valence-corrected chi connectivity index (χ2v) is 4.44. The fourth-order valence-electron chi connectivity index (χ4n) is 1.07. The van der Waals surface area contributed by atoms with Crippen molar-refractivity contribution in [3.8, 4) is 0 Å². The summed E-state index contributed by atoms with van der Waals surface area (Å²) in [5.74, 6) is 0. The van der Waals surface area contributed by atoms with Crippen LogP contribution in [0.3, 0.4) is 0 Å². The molecular weight excluding hydrogens is 185 g/mol. The van der Waals surface area contributed by atoms with E-state index < -0.39 is 0 Å². The lowest BCUT2D eigenvalue weighted by molar-refractivity contribution is -0.102. The molecule has 1 unspecified atom stereocenters.